The highest BCUT2D eigenvalue weighted by Crippen LogP contribution is 2.22. The second kappa shape index (κ2) is 4.21. The summed E-state index contributed by atoms with van der Waals surface area (Å²) < 4.78 is 6.69. The molecular weight excluding hydrogens is 290 g/mol. The second-order valence-electron chi connectivity index (χ2n) is 3.47. The Morgan fingerprint density at radius 3 is 2.65 bits per heavy atom. The lowest BCUT2D eigenvalue weighted by molar-refractivity contribution is 0.0686. The minimum absolute atomic E-state index is 0.0629. The van der Waals surface area contributed by atoms with Crippen molar-refractivity contribution in [3.63, 3.8) is 0 Å². The first-order valence-corrected chi connectivity index (χ1v) is 5.47. The van der Waals surface area contributed by atoms with Crippen LogP contribution in [0, 0.1) is 0 Å². The lowest BCUT2D eigenvalue weighted by Crippen LogP contribution is -2.02. The quantitative estimate of drug-likeness (QED) is 0.883. The van der Waals surface area contributed by atoms with Crippen molar-refractivity contribution in [2.24, 2.45) is 7.05 Å². The van der Waals surface area contributed by atoms with Crippen molar-refractivity contribution in [1.82, 2.24) is 4.57 Å². The van der Waals surface area contributed by atoms with E-state index in [1.807, 2.05) is 0 Å². The van der Waals surface area contributed by atoms with Crippen molar-refractivity contribution in [3.05, 3.63) is 46.1 Å². The average Bonchev–Trinajstić information content (AvgIpc) is 2.83. The Morgan fingerprint density at radius 1 is 1.47 bits per heavy atom. The maximum absolute atomic E-state index is 12.0. The van der Waals surface area contributed by atoms with Gasteiger partial charge in [-0.3, -0.25) is 4.79 Å². The third kappa shape index (κ3) is 2.03. The molecule has 2 rings (SSSR count). The van der Waals surface area contributed by atoms with Gasteiger partial charge in [-0.15, -0.1) is 0 Å². The van der Waals surface area contributed by atoms with Crippen LogP contribution in [-0.4, -0.2) is 21.4 Å². The van der Waals surface area contributed by atoms with Gasteiger partial charge in [0.15, 0.2) is 10.5 Å². The fourth-order valence-electron chi connectivity index (χ4n) is 1.51. The molecule has 5 nitrogen and oxygen atoms in total. The van der Waals surface area contributed by atoms with Crippen LogP contribution in [0.5, 0.6) is 0 Å². The monoisotopic (exact) mass is 297 g/mol. The summed E-state index contributed by atoms with van der Waals surface area (Å²) in [6.07, 6.45) is 2.86. The number of rotatable bonds is 3. The molecule has 0 radical (unpaired) electrons. The van der Waals surface area contributed by atoms with E-state index in [0.29, 0.717) is 15.8 Å². The van der Waals surface area contributed by atoms with Gasteiger partial charge in [-0.05, 0) is 28.1 Å². The summed E-state index contributed by atoms with van der Waals surface area (Å²) >= 11 is 3.11. The van der Waals surface area contributed by atoms with Gasteiger partial charge in [0, 0.05) is 18.8 Å². The largest absolute Gasteiger partial charge is 0.477 e. The highest BCUT2D eigenvalue weighted by Gasteiger charge is 2.19. The Bertz CT molecular complexity index is 596. The van der Waals surface area contributed by atoms with Gasteiger partial charge in [-0.1, -0.05) is 0 Å². The number of carbonyl (C=O) groups excluding carboxylic acids is 1. The molecule has 2 heterocycles. The highest BCUT2D eigenvalue weighted by atomic mass is 79.9. The van der Waals surface area contributed by atoms with Crippen LogP contribution < -0.4 is 0 Å². The Kier molecular flexibility index (Phi) is 2.89. The molecule has 0 saturated heterocycles. The second-order valence-corrected chi connectivity index (χ2v) is 4.19. The predicted molar refractivity (Wildman–Crippen MR) is 62.2 cm³/mol. The molecule has 0 aliphatic heterocycles. The maximum Gasteiger partial charge on any atom is 0.352 e. The summed E-state index contributed by atoms with van der Waals surface area (Å²) in [7, 11) is 1.57. The number of carbonyl (C=O) groups is 2. The van der Waals surface area contributed by atoms with Crippen LogP contribution in [0.3, 0.4) is 0 Å². The average molecular weight is 298 g/mol. The Hall–Kier alpha value is -1.82. The Morgan fingerprint density at radius 2 is 2.18 bits per heavy atom. The molecule has 0 saturated carbocycles. The van der Waals surface area contributed by atoms with Gasteiger partial charge in [-0.25, -0.2) is 4.79 Å². The fraction of sp³-hybridized carbons (Fsp3) is 0.0909. The summed E-state index contributed by atoms with van der Waals surface area (Å²) in [6, 6.07) is 2.87. The number of aryl methyl sites for hydroxylation is 1. The number of carboxylic acid groups (broad SMARTS) is 1. The number of hydrogen-bond donors (Lipinski definition) is 1. The molecule has 0 bridgehead atoms. The van der Waals surface area contributed by atoms with Crippen LogP contribution in [0.1, 0.15) is 26.4 Å². The van der Waals surface area contributed by atoms with E-state index in [9.17, 15) is 9.59 Å². The smallest absolute Gasteiger partial charge is 0.352 e. The van der Waals surface area contributed by atoms with Gasteiger partial charge in [-0.2, -0.15) is 0 Å². The lowest BCUT2D eigenvalue weighted by atomic mass is 10.1. The molecule has 88 valence electrons. The lowest BCUT2D eigenvalue weighted by Gasteiger charge is -1.93. The molecule has 0 amide bonds. The number of furan rings is 1. The van der Waals surface area contributed by atoms with Gasteiger partial charge in [0.1, 0.15) is 5.69 Å². The molecule has 0 aliphatic rings. The van der Waals surface area contributed by atoms with Gasteiger partial charge < -0.3 is 14.1 Å². The van der Waals surface area contributed by atoms with Crippen molar-refractivity contribution in [3.8, 4) is 0 Å². The van der Waals surface area contributed by atoms with E-state index in [0.717, 1.165) is 0 Å². The van der Waals surface area contributed by atoms with Crippen LogP contribution in [0.4, 0.5) is 0 Å². The molecule has 6 heteroatoms. The fourth-order valence-corrected chi connectivity index (χ4v) is 1.93. The van der Waals surface area contributed by atoms with Gasteiger partial charge in [0.2, 0.25) is 0 Å². The van der Waals surface area contributed by atoms with E-state index >= 15 is 0 Å². The molecule has 1 N–H and O–H groups in total. The normalized spacial score (nSPS) is 10.5. The molecule has 0 spiro atoms. The molecular formula is C11H8BrNO4. The number of hydrogen-bond acceptors (Lipinski definition) is 3. The van der Waals surface area contributed by atoms with E-state index < -0.39 is 5.97 Å². The molecule has 2 aromatic heterocycles. The van der Waals surface area contributed by atoms with E-state index in [-0.39, 0.29) is 11.5 Å². The first-order chi connectivity index (χ1) is 8.00. The molecule has 0 fully saturated rings. The zero-order chi connectivity index (χ0) is 12.6. The summed E-state index contributed by atoms with van der Waals surface area (Å²) in [4.78, 5) is 22.9. The van der Waals surface area contributed by atoms with Crippen molar-refractivity contribution in [2.45, 2.75) is 0 Å². The molecule has 2 aromatic rings. The molecule has 17 heavy (non-hydrogen) atoms. The summed E-state index contributed by atoms with van der Waals surface area (Å²) in [5.74, 6) is -1.36. The number of aromatic carboxylic acids is 1. The first-order valence-electron chi connectivity index (χ1n) is 4.68. The zero-order valence-electron chi connectivity index (χ0n) is 8.81. The van der Waals surface area contributed by atoms with Gasteiger partial charge in [0.25, 0.3) is 0 Å². The minimum atomic E-state index is -1.07. The van der Waals surface area contributed by atoms with E-state index in [1.54, 1.807) is 7.05 Å². The molecule has 0 aromatic carbocycles. The van der Waals surface area contributed by atoms with Gasteiger partial charge >= 0.3 is 5.97 Å². The number of halogens is 1. The third-order valence-electron chi connectivity index (χ3n) is 2.35. The number of carboxylic acids is 1. The summed E-state index contributed by atoms with van der Waals surface area (Å²) in [6.45, 7) is 0. The van der Waals surface area contributed by atoms with E-state index in [4.69, 9.17) is 9.52 Å². The number of aromatic nitrogens is 1. The highest BCUT2D eigenvalue weighted by molar-refractivity contribution is 9.10. The van der Waals surface area contributed by atoms with Crippen molar-refractivity contribution < 1.29 is 19.1 Å². The Labute approximate surface area is 105 Å². The van der Waals surface area contributed by atoms with Crippen molar-refractivity contribution in [1.29, 1.82) is 0 Å². The first kappa shape index (κ1) is 11.7. The Balaban J connectivity index is 2.42. The summed E-state index contributed by atoms with van der Waals surface area (Å²) in [5, 5.41) is 8.89. The molecule has 0 atom stereocenters. The van der Waals surface area contributed by atoms with Crippen LogP contribution in [-0.2, 0) is 7.05 Å². The third-order valence-corrected chi connectivity index (χ3v) is 2.96. The number of ketones is 1. The van der Waals surface area contributed by atoms with Crippen molar-refractivity contribution >= 4 is 27.7 Å². The number of nitrogens with zero attached hydrogens (tertiary/aromatic N) is 1. The van der Waals surface area contributed by atoms with Crippen LogP contribution in [0.2, 0.25) is 0 Å². The predicted octanol–water partition coefficient (Wildman–Crippen LogP) is 2.31. The van der Waals surface area contributed by atoms with Crippen molar-refractivity contribution in [2.75, 3.05) is 0 Å². The SMILES string of the molecule is Cn1cc(C(=O)c2ccoc2Br)cc1C(=O)O. The molecule has 0 aliphatic carbocycles. The molecule has 0 unspecified atom stereocenters. The van der Waals surface area contributed by atoms with Gasteiger partial charge in [0.05, 0.1) is 11.8 Å². The van der Waals surface area contributed by atoms with Crippen LogP contribution in [0.25, 0.3) is 0 Å². The topological polar surface area (TPSA) is 72.4 Å². The van der Waals surface area contributed by atoms with Crippen LogP contribution >= 0.6 is 15.9 Å². The van der Waals surface area contributed by atoms with E-state index in [2.05, 4.69) is 15.9 Å². The minimum Gasteiger partial charge on any atom is -0.477 e. The summed E-state index contributed by atoms with van der Waals surface area (Å²) in [5.41, 5.74) is 0.743. The van der Waals surface area contributed by atoms with E-state index in [1.165, 1.54) is 29.2 Å². The standard InChI is InChI=1S/C11H8BrNO4/c1-13-5-6(4-8(13)11(15)16)9(14)7-2-3-17-10(7)12/h2-5H,1H3,(H,15,16). The maximum atomic E-state index is 12.0. The van der Waals surface area contributed by atoms with Crippen LogP contribution in [0.15, 0.2) is 33.7 Å². The zero-order valence-corrected chi connectivity index (χ0v) is 10.4.